The molecular formula is C22H16FN3O4. The number of methoxy groups -OCH3 is 1. The quantitative estimate of drug-likeness (QED) is 0.534. The number of aromatic nitrogens is 1. The number of halogens is 1. The zero-order valence-electron chi connectivity index (χ0n) is 15.8. The molecule has 30 heavy (non-hydrogen) atoms. The van der Waals surface area contributed by atoms with Gasteiger partial charge in [-0.25, -0.2) is 14.1 Å². The first kappa shape index (κ1) is 19.1. The Labute approximate surface area is 171 Å². The standard InChI is InChI=1S/C22H16FN3O4/c1-30-18-10-8-16(9-11-18)26-21(28)19(20(27)24-22(26)29)13-17-3-2-12-25(17)15-6-4-14(23)5-7-15/h2-13H,1H3,(H,24,27,29)/b19-13-. The van der Waals surface area contributed by atoms with Crippen molar-refractivity contribution in [3.05, 3.63) is 83.9 Å². The lowest BCUT2D eigenvalue weighted by molar-refractivity contribution is -0.122. The molecule has 3 aromatic rings. The topological polar surface area (TPSA) is 80.6 Å². The predicted molar refractivity (Wildman–Crippen MR) is 108 cm³/mol. The second kappa shape index (κ2) is 7.67. The molecule has 0 bridgehead atoms. The number of nitrogens with one attached hydrogen (secondary N) is 1. The van der Waals surface area contributed by atoms with E-state index in [1.165, 1.54) is 25.3 Å². The minimum Gasteiger partial charge on any atom is -0.497 e. The molecule has 0 spiro atoms. The van der Waals surface area contributed by atoms with Gasteiger partial charge in [0.05, 0.1) is 12.8 Å². The summed E-state index contributed by atoms with van der Waals surface area (Å²) in [5, 5.41) is 2.18. The minimum atomic E-state index is -0.832. The van der Waals surface area contributed by atoms with Crippen molar-refractivity contribution in [3.8, 4) is 11.4 Å². The highest BCUT2D eigenvalue weighted by Crippen LogP contribution is 2.25. The summed E-state index contributed by atoms with van der Waals surface area (Å²) in [7, 11) is 1.50. The van der Waals surface area contributed by atoms with Crippen molar-refractivity contribution >= 4 is 29.6 Å². The van der Waals surface area contributed by atoms with Gasteiger partial charge in [-0.05, 0) is 66.7 Å². The van der Waals surface area contributed by atoms with E-state index in [2.05, 4.69) is 5.32 Å². The number of carbonyl (C=O) groups excluding carboxylic acids is 3. The Kier molecular flexibility index (Phi) is 4.89. The fraction of sp³-hybridized carbons (Fsp3) is 0.0455. The van der Waals surface area contributed by atoms with Crippen molar-refractivity contribution in [2.45, 2.75) is 0 Å². The van der Waals surface area contributed by atoms with Crippen LogP contribution in [0.15, 0.2) is 72.4 Å². The maximum atomic E-state index is 13.2. The zero-order chi connectivity index (χ0) is 21.3. The van der Waals surface area contributed by atoms with Crippen LogP contribution >= 0.6 is 0 Å². The lowest BCUT2D eigenvalue weighted by atomic mass is 10.1. The summed E-state index contributed by atoms with van der Waals surface area (Å²) in [6, 6.07) is 14.7. The Morgan fingerprint density at radius 1 is 0.933 bits per heavy atom. The molecule has 8 heteroatoms. The lowest BCUT2D eigenvalue weighted by Crippen LogP contribution is -2.54. The van der Waals surface area contributed by atoms with Crippen molar-refractivity contribution in [3.63, 3.8) is 0 Å². The number of imide groups is 2. The molecule has 0 radical (unpaired) electrons. The minimum absolute atomic E-state index is 0.201. The summed E-state index contributed by atoms with van der Waals surface area (Å²) in [4.78, 5) is 38.6. The van der Waals surface area contributed by atoms with Crippen LogP contribution in [0.5, 0.6) is 5.75 Å². The van der Waals surface area contributed by atoms with Crippen molar-refractivity contribution in [1.29, 1.82) is 0 Å². The first-order valence-corrected chi connectivity index (χ1v) is 8.97. The van der Waals surface area contributed by atoms with Crippen LogP contribution in [0.1, 0.15) is 5.69 Å². The Bertz CT molecular complexity index is 1160. The number of carbonyl (C=O) groups is 3. The molecule has 1 fully saturated rings. The van der Waals surface area contributed by atoms with Crippen molar-refractivity contribution in [2.24, 2.45) is 0 Å². The molecule has 1 N–H and O–H groups in total. The first-order valence-electron chi connectivity index (χ1n) is 8.97. The largest absolute Gasteiger partial charge is 0.497 e. The number of amides is 4. The molecule has 1 aliphatic heterocycles. The number of benzene rings is 2. The molecule has 4 amide bonds. The molecule has 150 valence electrons. The van der Waals surface area contributed by atoms with Gasteiger partial charge in [-0.15, -0.1) is 0 Å². The van der Waals surface area contributed by atoms with Gasteiger partial charge in [0.2, 0.25) is 0 Å². The molecule has 4 rings (SSSR count). The summed E-state index contributed by atoms with van der Waals surface area (Å²) in [6.45, 7) is 0. The van der Waals surface area contributed by atoms with Gasteiger partial charge in [0.15, 0.2) is 0 Å². The van der Waals surface area contributed by atoms with Gasteiger partial charge in [0, 0.05) is 17.6 Å². The molecule has 0 atom stereocenters. The highest BCUT2D eigenvalue weighted by Gasteiger charge is 2.37. The smallest absolute Gasteiger partial charge is 0.335 e. The van der Waals surface area contributed by atoms with E-state index in [4.69, 9.17) is 4.74 Å². The summed E-state index contributed by atoms with van der Waals surface area (Å²) in [6.07, 6.45) is 3.11. The fourth-order valence-corrected chi connectivity index (χ4v) is 3.12. The third-order valence-electron chi connectivity index (χ3n) is 4.61. The van der Waals surface area contributed by atoms with Crippen molar-refractivity contribution < 1.29 is 23.5 Å². The van der Waals surface area contributed by atoms with Crippen molar-refractivity contribution in [1.82, 2.24) is 9.88 Å². The Balaban J connectivity index is 1.71. The summed E-state index contributed by atoms with van der Waals surface area (Å²) in [5.74, 6) is -1.35. The van der Waals surface area contributed by atoms with Gasteiger partial charge in [-0.1, -0.05) is 0 Å². The normalized spacial score (nSPS) is 15.5. The maximum absolute atomic E-state index is 13.2. The summed E-state index contributed by atoms with van der Waals surface area (Å²) >= 11 is 0. The number of ether oxygens (including phenoxy) is 1. The summed E-state index contributed by atoms with van der Waals surface area (Å²) < 4.78 is 20.0. The molecule has 0 unspecified atom stereocenters. The number of barbiturate groups is 1. The number of hydrogen-bond acceptors (Lipinski definition) is 4. The van der Waals surface area contributed by atoms with E-state index in [9.17, 15) is 18.8 Å². The number of urea groups is 1. The highest BCUT2D eigenvalue weighted by molar-refractivity contribution is 6.39. The first-order chi connectivity index (χ1) is 14.5. The van der Waals surface area contributed by atoms with Crippen LogP contribution in [0.4, 0.5) is 14.9 Å². The molecule has 0 saturated carbocycles. The van der Waals surface area contributed by atoms with Gasteiger partial charge in [-0.3, -0.25) is 14.9 Å². The third kappa shape index (κ3) is 3.46. The van der Waals surface area contributed by atoms with E-state index in [0.717, 1.165) is 4.90 Å². The number of rotatable bonds is 4. The van der Waals surface area contributed by atoms with Gasteiger partial charge < -0.3 is 9.30 Å². The summed E-state index contributed by atoms with van der Waals surface area (Å²) in [5.41, 5.74) is 1.27. The Hall–Kier alpha value is -4.20. The fourth-order valence-electron chi connectivity index (χ4n) is 3.12. The zero-order valence-corrected chi connectivity index (χ0v) is 15.8. The van der Waals surface area contributed by atoms with E-state index in [-0.39, 0.29) is 11.4 Å². The SMILES string of the molecule is COc1ccc(N2C(=O)NC(=O)/C(=C/c3cccn3-c3ccc(F)cc3)C2=O)cc1. The average Bonchev–Trinajstić information content (AvgIpc) is 3.20. The van der Waals surface area contributed by atoms with Crippen LogP contribution in [-0.4, -0.2) is 29.5 Å². The van der Waals surface area contributed by atoms with Crippen LogP contribution in [0.2, 0.25) is 0 Å². The van der Waals surface area contributed by atoms with Crippen molar-refractivity contribution in [2.75, 3.05) is 12.0 Å². The number of nitrogens with zero attached hydrogens (tertiary/aromatic N) is 2. The molecule has 2 heterocycles. The van der Waals surface area contributed by atoms with Crippen LogP contribution in [0.25, 0.3) is 11.8 Å². The Morgan fingerprint density at radius 3 is 2.27 bits per heavy atom. The van der Waals surface area contributed by atoms with Crippen LogP contribution in [0, 0.1) is 5.82 Å². The van der Waals surface area contributed by atoms with Gasteiger partial charge in [0.25, 0.3) is 11.8 Å². The molecule has 0 aliphatic carbocycles. The van der Waals surface area contributed by atoms with Crippen LogP contribution in [0.3, 0.4) is 0 Å². The number of hydrogen-bond donors (Lipinski definition) is 1. The monoisotopic (exact) mass is 405 g/mol. The molecule has 7 nitrogen and oxygen atoms in total. The van der Waals surface area contributed by atoms with E-state index in [1.807, 2.05) is 0 Å². The number of anilines is 1. The van der Waals surface area contributed by atoms with E-state index < -0.39 is 17.8 Å². The Morgan fingerprint density at radius 2 is 1.60 bits per heavy atom. The lowest BCUT2D eigenvalue weighted by Gasteiger charge is -2.26. The van der Waals surface area contributed by atoms with Crippen LogP contribution < -0.4 is 15.0 Å². The molecule has 1 aromatic heterocycles. The second-order valence-electron chi connectivity index (χ2n) is 6.44. The molecule has 2 aromatic carbocycles. The predicted octanol–water partition coefficient (Wildman–Crippen LogP) is 3.29. The molecule has 1 saturated heterocycles. The molecule has 1 aliphatic rings. The van der Waals surface area contributed by atoms with Gasteiger partial charge in [-0.2, -0.15) is 0 Å². The van der Waals surface area contributed by atoms with Gasteiger partial charge in [0.1, 0.15) is 17.1 Å². The van der Waals surface area contributed by atoms with Gasteiger partial charge >= 0.3 is 6.03 Å². The van der Waals surface area contributed by atoms with E-state index >= 15 is 0 Å². The van der Waals surface area contributed by atoms with E-state index in [1.54, 1.807) is 59.3 Å². The van der Waals surface area contributed by atoms with E-state index in [0.29, 0.717) is 22.8 Å². The highest BCUT2D eigenvalue weighted by atomic mass is 19.1. The average molecular weight is 405 g/mol. The third-order valence-corrected chi connectivity index (χ3v) is 4.61. The maximum Gasteiger partial charge on any atom is 0.335 e. The second-order valence-corrected chi connectivity index (χ2v) is 6.44. The van der Waals surface area contributed by atoms with Crippen LogP contribution in [-0.2, 0) is 9.59 Å². The molecular weight excluding hydrogens is 389 g/mol.